The largest absolute Gasteiger partial charge is 0.349 e. The lowest BCUT2D eigenvalue weighted by atomic mass is 10.1. The summed E-state index contributed by atoms with van der Waals surface area (Å²) in [5, 5.41) is 0. The van der Waals surface area contributed by atoms with E-state index >= 15 is 0 Å². The van der Waals surface area contributed by atoms with Crippen molar-refractivity contribution in [2.75, 3.05) is 0 Å². The van der Waals surface area contributed by atoms with Crippen molar-refractivity contribution in [3.8, 4) is 0 Å². The van der Waals surface area contributed by atoms with Gasteiger partial charge in [0.15, 0.2) is 0 Å². The maximum atomic E-state index is 5.22. The molecule has 0 aliphatic rings. The Bertz CT molecular complexity index is 543. The van der Waals surface area contributed by atoms with Crippen LogP contribution in [0.1, 0.15) is 23.4 Å². The maximum absolute atomic E-state index is 5.22. The molecule has 0 radical (unpaired) electrons. The number of rotatable bonds is 4. The monoisotopic (exact) mass is 257 g/mol. The van der Waals surface area contributed by atoms with Gasteiger partial charge in [-0.05, 0) is 44.4 Å². The van der Waals surface area contributed by atoms with Gasteiger partial charge in [-0.2, -0.15) is 0 Å². The van der Waals surface area contributed by atoms with Crippen molar-refractivity contribution in [3.05, 3.63) is 63.9 Å². The normalized spacial score (nSPS) is 10.6. The van der Waals surface area contributed by atoms with E-state index in [1.54, 1.807) is 0 Å². The van der Waals surface area contributed by atoms with Crippen molar-refractivity contribution in [2.24, 2.45) is 0 Å². The van der Waals surface area contributed by atoms with Gasteiger partial charge in [0, 0.05) is 22.4 Å². The highest BCUT2D eigenvalue weighted by Crippen LogP contribution is 2.10. The smallest absolute Gasteiger partial charge is 0.0411 e. The van der Waals surface area contributed by atoms with Crippen molar-refractivity contribution in [1.82, 2.24) is 4.57 Å². The van der Waals surface area contributed by atoms with E-state index in [0.29, 0.717) is 0 Å². The number of aromatic nitrogens is 1. The predicted octanol–water partition coefficient (Wildman–Crippen LogP) is 4.47. The minimum atomic E-state index is 0.935. The van der Waals surface area contributed by atoms with Crippen molar-refractivity contribution < 1.29 is 0 Å². The molecule has 2 aromatic rings. The van der Waals surface area contributed by atoms with Crippen molar-refractivity contribution in [1.29, 1.82) is 0 Å². The van der Waals surface area contributed by atoms with Crippen LogP contribution in [0, 0.1) is 18.4 Å². The Morgan fingerprint density at radius 1 is 1.00 bits per heavy atom. The Kier molecular flexibility index (Phi) is 4.32. The lowest BCUT2D eigenvalue weighted by Crippen LogP contribution is -2.07. The Labute approximate surface area is 114 Å². The SMILES string of the molecule is Cc1cc(=S)cc(C)n1CCCc1ccccc1. The van der Waals surface area contributed by atoms with E-state index in [4.69, 9.17) is 12.2 Å². The van der Waals surface area contributed by atoms with Gasteiger partial charge in [0.1, 0.15) is 0 Å². The highest BCUT2D eigenvalue weighted by molar-refractivity contribution is 7.71. The fourth-order valence-corrected chi connectivity index (χ4v) is 2.67. The van der Waals surface area contributed by atoms with Crippen LogP contribution < -0.4 is 0 Å². The molecular formula is C16H19NS. The summed E-state index contributed by atoms with van der Waals surface area (Å²) in [6.07, 6.45) is 2.29. The second-order valence-electron chi connectivity index (χ2n) is 4.71. The molecule has 0 unspecified atom stereocenters. The first-order chi connectivity index (χ1) is 8.66. The summed E-state index contributed by atoms with van der Waals surface area (Å²) in [7, 11) is 0. The van der Waals surface area contributed by atoms with Crippen molar-refractivity contribution >= 4 is 12.2 Å². The first-order valence-corrected chi connectivity index (χ1v) is 6.79. The molecule has 0 aliphatic heterocycles. The van der Waals surface area contributed by atoms with E-state index in [1.807, 2.05) is 0 Å². The third kappa shape index (κ3) is 3.30. The van der Waals surface area contributed by atoms with E-state index in [1.165, 1.54) is 17.0 Å². The number of aryl methyl sites for hydroxylation is 3. The molecule has 0 atom stereocenters. The number of hydrogen-bond donors (Lipinski definition) is 0. The Morgan fingerprint density at radius 2 is 1.61 bits per heavy atom. The van der Waals surface area contributed by atoms with E-state index < -0.39 is 0 Å². The summed E-state index contributed by atoms with van der Waals surface area (Å²) in [4.78, 5) is 0. The van der Waals surface area contributed by atoms with Crippen LogP contribution in [0.15, 0.2) is 42.5 Å². The summed E-state index contributed by atoms with van der Waals surface area (Å²) in [6, 6.07) is 14.8. The van der Waals surface area contributed by atoms with E-state index in [0.717, 1.165) is 23.9 Å². The summed E-state index contributed by atoms with van der Waals surface area (Å²) in [5.41, 5.74) is 3.93. The minimum absolute atomic E-state index is 0.935. The first kappa shape index (κ1) is 13.0. The van der Waals surface area contributed by atoms with Crippen LogP contribution in [-0.2, 0) is 13.0 Å². The molecule has 0 saturated carbocycles. The number of hydrogen-bond acceptors (Lipinski definition) is 1. The molecule has 1 heterocycles. The highest BCUT2D eigenvalue weighted by Gasteiger charge is 2.00. The van der Waals surface area contributed by atoms with Crippen LogP contribution >= 0.6 is 12.2 Å². The molecule has 1 nitrogen and oxygen atoms in total. The summed E-state index contributed by atoms with van der Waals surface area (Å²) >= 11 is 5.22. The lowest BCUT2D eigenvalue weighted by Gasteiger charge is -2.14. The van der Waals surface area contributed by atoms with Crippen molar-refractivity contribution in [3.63, 3.8) is 0 Å². The standard InChI is InChI=1S/C16H19NS/c1-13-11-16(18)12-14(2)17(13)10-6-9-15-7-4-3-5-8-15/h3-5,7-8,11-12H,6,9-10H2,1-2H3. The molecule has 2 rings (SSSR count). The van der Waals surface area contributed by atoms with Gasteiger partial charge in [0.25, 0.3) is 0 Å². The molecule has 1 aromatic carbocycles. The zero-order valence-corrected chi connectivity index (χ0v) is 11.8. The van der Waals surface area contributed by atoms with Crippen LogP contribution in [0.5, 0.6) is 0 Å². The number of nitrogens with zero attached hydrogens (tertiary/aromatic N) is 1. The molecule has 94 valence electrons. The van der Waals surface area contributed by atoms with E-state index in [-0.39, 0.29) is 0 Å². The van der Waals surface area contributed by atoms with Crippen LogP contribution in [-0.4, -0.2) is 4.57 Å². The van der Waals surface area contributed by atoms with Gasteiger partial charge in [0.2, 0.25) is 0 Å². The molecule has 0 saturated heterocycles. The fourth-order valence-electron chi connectivity index (χ4n) is 2.33. The molecule has 0 N–H and O–H groups in total. The average molecular weight is 257 g/mol. The van der Waals surface area contributed by atoms with Crippen LogP contribution in [0.4, 0.5) is 0 Å². The Morgan fingerprint density at radius 3 is 2.22 bits per heavy atom. The van der Waals surface area contributed by atoms with Gasteiger partial charge in [-0.1, -0.05) is 42.5 Å². The molecule has 2 heteroatoms. The molecule has 1 aromatic heterocycles. The molecule has 18 heavy (non-hydrogen) atoms. The summed E-state index contributed by atoms with van der Waals surface area (Å²) in [5.74, 6) is 0. The van der Waals surface area contributed by atoms with Crippen molar-refractivity contribution in [2.45, 2.75) is 33.2 Å². The summed E-state index contributed by atoms with van der Waals surface area (Å²) in [6.45, 7) is 5.32. The van der Waals surface area contributed by atoms with Gasteiger partial charge >= 0.3 is 0 Å². The van der Waals surface area contributed by atoms with Crippen LogP contribution in [0.25, 0.3) is 0 Å². The molecule has 0 spiro atoms. The number of pyridine rings is 1. The van der Waals surface area contributed by atoms with Crippen LogP contribution in [0.3, 0.4) is 0 Å². The fraction of sp³-hybridized carbons (Fsp3) is 0.312. The highest BCUT2D eigenvalue weighted by atomic mass is 32.1. The van der Waals surface area contributed by atoms with Crippen LogP contribution in [0.2, 0.25) is 0 Å². The topological polar surface area (TPSA) is 4.93 Å². The zero-order valence-electron chi connectivity index (χ0n) is 11.0. The maximum Gasteiger partial charge on any atom is 0.0411 e. The average Bonchev–Trinajstić information content (AvgIpc) is 2.34. The second kappa shape index (κ2) is 5.96. The first-order valence-electron chi connectivity index (χ1n) is 6.39. The van der Waals surface area contributed by atoms with Gasteiger partial charge in [-0.15, -0.1) is 0 Å². The molecule has 0 fully saturated rings. The minimum Gasteiger partial charge on any atom is -0.349 e. The molecular weight excluding hydrogens is 238 g/mol. The third-order valence-electron chi connectivity index (χ3n) is 3.24. The van der Waals surface area contributed by atoms with Gasteiger partial charge in [0.05, 0.1) is 0 Å². The van der Waals surface area contributed by atoms with Gasteiger partial charge in [-0.25, -0.2) is 0 Å². The molecule has 0 bridgehead atoms. The number of benzene rings is 1. The molecule has 0 aliphatic carbocycles. The predicted molar refractivity (Wildman–Crippen MR) is 79.5 cm³/mol. The van der Waals surface area contributed by atoms with Gasteiger partial charge in [-0.3, -0.25) is 0 Å². The molecule has 0 amide bonds. The lowest BCUT2D eigenvalue weighted by molar-refractivity contribution is 0.608. The quantitative estimate of drug-likeness (QED) is 0.732. The second-order valence-corrected chi connectivity index (χ2v) is 5.19. The Hall–Kier alpha value is -1.41. The van der Waals surface area contributed by atoms with Gasteiger partial charge < -0.3 is 4.57 Å². The third-order valence-corrected chi connectivity index (χ3v) is 3.48. The van der Waals surface area contributed by atoms with E-state index in [2.05, 4.69) is 60.9 Å². The zero-order chi connectivity index (χ0) is 13.0. The van der Waals surface area contributed by atoms with E-state index in [9.17, 15) is 0 Å². The Balaban J connectivity index is 2.01. The summed E-state index contributed by atoms with van der Waals surface area (Å²) < 4.78 is 3.28.